The zero-order valence-electron chi connectivity index (χ0n) is 12.3. The van der Waals surface area contributed by atoms with Crippen LogP contribution in [0.4, 0.5) is 0 Å². The summed E-state index contributed by atoms with van der Waals surface area (Å²) in [5, 5.41) is 4.36. The van der Waals surface area contributed by atoms with Crippen molar-refractivity contribution >= 4 is 0 Å². The van der Waals surface area contributed by atoms with Crippen molar-refractivity contribution in [1.29, 1.82) is 0 Å². The number of hydrogen-bond donors (Lipinski definition) is 1. The van der Waals surface area contributed by atoms with Gasteiger partial charge < -0.3 is 10.5 Å². The Kier molecular flexibility index (Phi) is 4.60. The lowest BCUT2D eigenvalue weighted by Gasteiger charge is -2.42. The van der Waals surface area contributed by atoms with Crippen LogP contribution >= 0.6 is 0 Å². The van der Waals surface area contributed by atoms with E-state index in [1.807, 2.05) is 10.9 Å². The van der Waals surface area contributed by atoms with Gasteiger partial charge in [-0.2, -0.15) is 5.10 Å². The Morgan fingerprint density at radius 3 is 3.00 bits per heavy atom. The first-order valence-corrected chi connectivity index (χ1v) is 6.99. The molecule has 0 amide bonds. The predicted molar refractivity (Wildman–Crippen MR) is 75.8 cm³/mol. The molecule has 0 saturated carbocycles. The number of nitrogens with two attached hydrogens (primary N) is 1. The summed E-state index contributed by atoms with van der Waals surface area (Å²) in [7, 11) is 1.71. The lowest BCUT2D eigenvalue weighted by atomic mass is 9.79. The summed E-state index contributed by atoms with van der Waals surface area (Å²) in [6, 6.07) is 0.313. The number of piperidine rings is 1. The quantitative estimate of drug-likeness (QED) is 0.867. The van der Waals surface area contributed by atoms with Gasteiger partial charge in [-0.05, 0) is 11.8 Å². The Hall–Kier alpha value is -0.910. The van der Waals surface area contributed by atoms with Gasteiger partial charge in [0.2, 0.25) is 0 Å². The molecular formula is C14H26N4O. The molecule has 19 heavy (non-hydrogen) atoms. The monoisotopic (exact) mass is 266 g/mol. The number of ether oxygens (including phenoxy) is 1. The van der Waals surface area contributed by atoms with E-state index in [4.69, 9.17) is 10.5 Å². The molecule has 5 nitrogen and oxygen atoms in total. The summed E-state index contributed by atoms with van der Waals surface area (Å²) in [5.41, 5.74) is 7.63. The van der Waals surface area contributed by atoms with Crippen molar-refractivity contribution in [1.82, 2.24) is 14.7 Å². The number of likely N-dealkylation sites (tertiary alicyclic amines) is 1. The molecule has 0 aliphatic carbocycles. The van der Waals surface area contributed by atoms with E-state index in [0.717, 1.165) is 32.6 Å². The first-order chi connectivity index (χ1) is 9.01. The van der Waals surface area contributed by atoms with Crippen LogP contribution in [0.5, 0.6) is 0 Å². The maximum Gasteiger partial charge on any atom is 0.0658 e. The second-order valence-corrected chi connectivity index (χ2v) is 6.20. The van der Waals surface area contributed by atoms with Crippen molar-refractivity contribution in [3.63, 3.8) is 0 Å². The lowest BCUT2D eigenvalue weighted by Crippen LogP contribution is -2.51. The highest BCUT2D eigenvalue weighted by Gasteiger charge is 2.33. The van der Waals surface area contributed by atoms with Gasteiger partial charge in [-0.3, -0.25) is 9.58 Å². The first kappa shape index (κ1) is 14.5. The number of methoxy groups -OCH3 is 1. The topological polar surface area (TPSA) is 56.3 Å². The molecule has 1 atom stereocenters. The summed E-state index contributed by atoms with van der Waals surface area (Å²) in [4.78, 5) is 2.47. The number of nitrogens with zero attached hydrogens (tertiary/aromatic N) is 3. The minimum absolute atomic E-state index is 0.199. The fourth-order valence-electron chi connectivity index (χ4n) is 2.67. The minimum Gasteiger partial charge on any atom is -0.383 e. The molecule has 1 aromatic rings. The molecule has 0 aromatic carbocycles. The number of rotatable bonds is 5. The average molecular weight is 266 g/mol. The highest BCUT2D eigenvalue weighted by Crippen LogP contribution is 2.28. The molecule has 1 aliphatic rings. The van der Waals surface area contributed by atoms with Gasteiger partial charge in [-0.15, -0.1) is 0 Å². The van der Waals surface area contributed by atoms with E-state index in [2.05, 4.69) is 30.0 Å². The second-order valence-electron chi connectivity index (χ2n) is 6.20. The molecule has 2 N–H and O–H groups in total. The van der Waals surface area contributed by atoms with E-state index in [1.165, 1.54) is 5.56 Å². The van der Waals surface area contributed by atoms with Crippen LogP contribution in [0.1, 0.15) is 25.8 Å². The number of aromatic nitrogens is 2. The zero-order valence-corrected chi connectivity index (χ0v) is 12.3. The van der Waals surface area contributed by atoms with E-state index < -0.39 is 0 Å². The van der Waals surface area contributed by atoms with Crippen LogP contribution in [-0.4, -0.2) is 47.5 Å². The van der Waals surface area contributed by atoms with Gasteiger partial charge in [0.25, 0.3) is 0 Å². The van der Waals surface area contributed by atoms with Crippen molar-refractivity contribution < 1.29 is 4.74 Å². The smallest absolute Gasteiger partial charge is 0.0658 e. The largest absolute Gasteiger partial charge is 0.383 e. The number of hydrogen-bond acceptors (Lipinski definition) is 4. The van der Waals surface area contributed by atoms with E-state index in [1.54, 1.807) is 7.11 Å². The molecule has 2 heterocycles. The van der Waals surface area contributed by atoms with Gasteiger partial charge in [0.15, 0.2) is 0 Å². The average Bonchev–Trinajstić information content (AvgIpc) is 2.78. The van der Waals surface area contributed by atoms with E-state index in [9.17, 15) is 0 Å². The normalized spacial score (nSPS) is 23.7. The molecule has 0 bridgehead atoms. The predicted octanol–water partition coefficient (Wildman–Crippen LogP) is 1.09. The Bertz CT molecular complexity index is 402. The van der Waals surface area contributed by atoms with E-state index >= 15 is 0 Å². The van der Waals surface area contributed by atoms with Crippen LogP contribution in [0.2, 0.25) is 0 Å². The van der Waals surface area contributed by atoms with Crippen LogP contribution in [-0.2, 0) is 17.8 Å². The summed E-state index contributed by atoms with van der Waals surface area (Å²) in [6.45, 7) is 9.12. The second kappa shape index (κ2) is 6.03. The summed E-state index contributed by atoms with van der Waals surface area (Å²) in [6.07, 6.45) is 5.14. The van der Waals surface area contributed by atoms with Crippen LogP contribution in [0.25, 0.3) is 0 Å². The van der Waals surface area contributed by atoms with Crippen molar-refractivity contribution in [2.75, 3.05) is 26.8 Å². The van der Waals surface area contributed by atoms with Crippen molar-refractivity contribution in [2.24, 2.45) is 11.1 Å². The Labute approximate surface area is 115 Å². The van der Waals surface area contributed by atoms with E-state index in [-0.39, 0.29) is 5.41 Å². The molecule has 0 spiro atoms. The van der Waals surface area contributed by atoms with Crippen LogP contribution in [0.3, 0.4) is 0 Å². The maximum absolute atomic E-state index is 6.17. The summed E-state index contributed by atoms with van der Waals surface area (Å²) >= 11 is 0. The minimum atomic E-state index is 0.199. The van der Waals surface area contributed by atoms with Gasteiger partial charge in [-0.25, -0.2) is 0 Å². The fourth-order valence-corrected chi connectivity index (χ4v) is 2.67. The van der Waals surface area contributed by atoms with Crippen molar-refractivity contribution in [3.8, 4) is 0 Å². The Morgan fingerprint density at radius 2 is 2.32 bits per heavy atom. The zero-order chi connectivity index (χ0) is 13.9. The van der Waals surface area contributed by atoms with Gasteiger partial charge in [0.1, 0.15) is 0 Å². The Balaban J connectivity index is 1.89. The van der Waals surface area contributed by atoms with Crippen LogP contribution in [0.15, 0.2) is 12.4 Å². The lowest BCUT2D eigenvalue weighted by molar-refractivity contribution is 0.0898. The third-order valence-electron chi connectivity index (χ3n) is 4.01. The third kappa shape index (κ3) is 3.78. The third-order valence-corrected chi connectivity index (χ3v) is 4.01. The molecule has 2 rings (SSSR count). The fraction of sp³-hybridized carbons (Fsp3) is 0.786. The molecule has 5 heteroatoms. The van der Waals surface area contributed by atoms with Crippen molar-refractivity contribution in [3.05, 3.63) is 18.0 Å². The van der Waals surface area contributed by atoms with Gasteiger partial charge in [0, 0.05) is 44.5 Å². The molecule has 1 unspecified atom stereocenters. The summed E-state index contributed by atoms with van der Waals surface area (Å²) < 4.78 is 7.00. The van der Waals surface area contributed by atoms with Crippen LogP contribution < -0.4 is 5.73 Å². The van der Waals surface area contributed by atoms with Crippen molar-refractivity contribution in [2.45, 2.75) is 39.4 Å². The molecular weight excluding hydrogens is 240 g/mol. The highest BCUT2D eigenvalue weighted by molar-refractivity contribution is 5.04. The first-order valence-electron chi connectivity index (χ1n) is 6.99. The molecule has 1 saturated heterocycles. The maximum atomic E-state index is 6.17. The molecule has 108 valence electrons. The SMILES string of the molecule is COCCn1cc(CN2CCC(N)C(C)(C)C2)cn1. The van der Waals surface area contributed by atoms with Crippen LogP contribution in [0, 0.1) is 5.41 Å². The van der Waals surface area contributed by atoms with Gasteiger partial charge in [-0.1, -0.05) is 13.8 Å². The highest BCUT2D eigenvalue weighted by atomic mass is 16.5. The molecule has 1 aromatic heterocycles. The van der Waals surface area contributed by atoms with Gasteiger partial charge >= 0.3 is 0 Å². The van der Waals surface area contributed by atoms with E-state index in [0.29, 0.717) is 12.6 Å². The standard InChI is InChI=1S/C14H26N4O/c1-14(2)11-17(5-4-13(14)15)9-12-8-16-18(10-12)6-7-19-3/h8,10,13H,4-7,9,11,15H2,1-3H3. The molecule has 1 aliphatic heterocycles. The molecule has 0 radical (unpaired) electrons. The Morgan fingerprint density at radius 1 is 1.53 bits per heavy atom. The van der Waals surface area contributed by atoms with Gasteiger partial charge in [0.05, 0.1) is 19.3 Å². The molecule has 1 fully saturated rings. The summed E-state index contributed by atoms with van der Waals surface area (Å²) in [5.74, 6) is 0.